The van der Waals surface area contributed by atoms with Crippen LogP contribution in [-0.2, 0) is 4.52 Å². The molecule has 0 aliphatic heterocycles. The van der Waals surface area contributed by atoms with Gasteiger partial charge >= 0.3 is 0 Å². The molecule has 2 nitrogen and oxygen atoms in total. The summed E-state index contributed by atoms with van der Waals surface area (Å²) in [4.78, 5) is 2.41. The molecule has 11 heavy (non-hydrogen) atoms. The Balaban J connectivity index is 3.70. The van der Waals surface area contributed by atoms with Gasteiger partial charge < -0.3 is 4.52 Å². The summed E-state index contributed by atoms with van der Waals surface area (Å²) in [7, 11) is 2.28. The Morgan fingerprint density at radius 3 is 1.91 bits per heavy atom. The van der Waals surface area contributed by atoms with E-state index >= 15 is 0 Å². The van der Waals surface area contributed by atoms with Crippen molar-refractivity contribution in [2.45, 2.75) is 39.8 Å². The SMILES string of the molecule is CC(C)N(CCOP)C(C)C. The van der Waals surface area contributed by atoms with Crippen LogP contribution >= 0.6 is 9.47 Å². The second kappa shape index (κ2) is 5.93. The van der Waals surface area contributed by atoms with Crippen molar-refractivity contribution in [2.75, 3.05) is 13.2 Å². The summed E-state index contributed by atoms with van der Waals surface area (Å²) in [5, 5.41) is 0. The summed E-state index contributed by atoms with van der Waals surface area (Å²) < 4.78 is 4.95. The van der Waals surface area contributed by atoms with Crippen molar-refractivity contribution >= 4 is 9.47 Å². The Labute approximate surface area is 72.6 Å². The second-order valence-electron chi connectivity index (χ2n) is 3.30. The third kappa shape index (κ3) is 4.73. The Hall–Kier alpha value is 0.350. The minimum atomic E-state index is 0.607. The molecule has 0 saturated carbocycles. The largest absolute Gasteiger partial charge is 0.364 e. The lowest BCUT2D eigenvalue weighted by Crippen LogP contribution is -2.38. The zero-order valence-electron chi connectivity index (χ0n) is 8.00. The monoisotopic (exact) mass is 177 g/mol. The highest BCUT2D eigenvalue weighted by atomic mass is 31.0. The average molecular weight is 177 g/mol. The molecular formula is C8H20NOP. The summed E-state index contributed by atoms with van der Waals surface area (Å²) in [6.07, 6.45) is 0. The molecule has 68 valence electrons. The Kier molecular flexibility index (Phi) is 6.12. The summed E-state index contributed by atoms with van der Waals surface area (Å²) in [5.41, 5.74) is 0. The van der Waals surface area contributed by atoms with Gasteiger partial charge in [-0.3, -0.25) is 4.90 Å². The molecule has 0 rings (SSSR count). The van der Waals surface area contributed by atoms with Crippen LogP contribution in [0.5, 0.6) is 0 Å². The molecular weight excluding hydrogens is 157 g/mol. The van der Waals surface area contributed by atoms with Crippen molar-refractivity contribution in [2.24, 2.45) is 0 Å². The van der Waals surface area contributed by atoms with E-state index in [1.807, 2.05) is 0 Å². The lowest BCUT2D eigenvalue weighted by molar-refractivity contribution is 0.149. The number of nitrogens with zero attached hydrogens (tertiary/aromatic N) is 1. The minimum Gasteiger partial charge on any atom is -0.364 e. The van der Waals surface area contributed by atoms with E-state index in [2.05, 4.69) is 42.1 Å². The Bertz CT molecular complexity index is 88.1. The second-order valence-corrected chi connectivity index (χ2v) is 3.63. The molecule has 1 atom stereocenters. The topological polar surface area (TPSA) is 12.5 Å². The van der Waals surface area contributed by atoms with Gasteiger partial charge in [0.2, 0.25) is 0 Å². The highest BCUT2D eigenvalue weighted by Crippen LogP contribution is 2.04. The molecule has 0 radical (unpaired) electrons. The lowest BCUT2D eigenvalue weighted by Gasteiger charge is -2.29. The normalized spacial score (nSPS) is 12.0. The molecule has 0 bridgehead atoms. The minimum absolute atomic E-state index is 0.607. The summed E-state index contributed by atoms with van der Waals surface area (Å²) in [6.45, 7) is 10.6. The molecule has 0 aliphatic rings. The summed E-state index contributed by atoms with van der Waals surface area (Å²) in [5.74, 6) is 0. The van der Waals surface area contributed by atoms with Crippen molar-refractivity contribution in [3.8, 4) is 0 Å². The van der Waals surface area contributed by atoms with E-state index in [0.717, 1.165) is 13.2 Å². The average Bonchev–Trinajstić information content (AvgIpc) is 1.87. The maximum absolute atomic E-state index is 4.95. The first-order chi connectivity index (χ1) is 5.09. The quantitative estimate of drug-likeness (QED) is 0.595. The van der Waals surface area contributed by atoms with Crippen LogP contribution in [-0.4, -0.2) is 30.1 Å². The maximum atomic E-state index is 4.95. The van der Waals surface area contributed by atoms with Gasteiger partial charge in [0.1, 0.15) is 0 Å². The molecule has 0 saturated heterocycles. The first-order valence-corrected chi connectivity index (χ1v) is 4.64. The molecule has 0 amide bonds. The van der Waals surface area contributed by atoms with Gasteiger partial charge in [-0.2, -0.15) is 0 Å². The van der Waals surface area contributed by atoms with E-state index in [-0.39, 0.29) is 0 Å². The van der Waals surface area contributed by atoms with Crippen LogP contribution in [0.1, 0.15) is 27.7 Å². The maximum Gasteiger partial charge on any atom is 0.0629 e. The van der Waals surface area contributed by atoms with Crippen molar-refractivity contribution in [1.29, 1.82) is 0 Å². The van der Waals surface area contributed by atoms with Gasteiger partial charge in [-0.1, -0.05) is 0 Å². The molecule has 3 heteroatoms. The molecule has 0 spiro atoms. The smallest absolute Gasteiger partial charge is 0.0629 e. The van der Waals surface area contributed by atoms with Crippen LogP contribution in [0.25, 0.3) is 0 Å². The van der Waals surface area contributed by atoms with Crippen LogP contribution < -0.4 is 0 Å². The number of hydrogen-bond donors (Lipinski definition) is 0. The van der Waals surface area contributed by atoms with Crippen LogP contribution in [0.4, 0.5) is 0 Å². The van der Waals surface area contributed by atoms with Crippen molar-refractivity contribution in [3.63, 3.8) is 0 Å². The fraction of sp³-hybridized carbons (Fsp3) is 1.00. The third-order valence-electron chi connectivity index (χ3n) is 1.79. The van der Waals surface area contributed by atoms with Gasteiger partial charge in [-0.25, -0.2) is 0 Å². The molecule has 0 aromatic heterocycles. The Morgan fingerprint density at radius 2 is 1.64 bits per heavy atom. The van der Waals surface area contributed by atoms with E-state index < -0.39 is 0 Å². The van der Waals surface area contributed by atoms with E-state index in [0.29, 0.717) is 12.1 Å². The van der Waals surface area contributed by atoms with Gasteiger partial charge in [0, 0.05) is 28.1 Å². The first kappa shape index (κ1) is 11.4. The van der Waals surface area contributed by atoms with Crippen LogP contribution in [0.2, 0.25) is 0 Å². The number of hydrogen-bond acceptors (Lipinski definition) is 2. The van der Waals surface area contributed by atoms with E-state index in [4.69, 9.17) is 4.52 Å². The van der Waals surface area contributed by atoms with E-state index in [1.165, 1.54) is 0 Å². The standard InChI is InChI=1S/C8H20NOP/c1-7(2)9(8(3)4)5-6-10-11/h7-8H,5-6,11H2,1-4H3. The van der Waals surface area contributed by atoms with Crippen molar-refractivity contribution in [1.82, 2.24) is 4.90 Å². The van der Waals surface area contributed by atoms with E-state index in [1.54, 1.807) is 0 Å². The molecule has 0 aromatic rings. The van der Waals surface area contributed by atoms with Crippen LogP contribution in [0, 0.1) is 0 Å². The van der Waals surface area contributed by atoms with Gasteiger partial charge in [-0.05, 0) is 27.7 Å². The van der Waals surface area contributed by atoms with Crippen molar-refractivity contribution in [3.05, 3.63) is 0 Å². The third-order valence-corrected chi connectivity index (χ3v) is 2.03. The molecule has 0 aromatic carbocycles. The van der Waals surface area contributed by atoms with Gasteiger partial charge in [0.15, 0.2) is 0 Å². The molecule has 0 heterocycles. The lowest BCUT2D eigenvalue weighted by atomic mass is 10.2. The fourth-order valence-corrected chi connectivity index (χ4v) is 1.38. The van der Waals surface area contributed by atoms with Crippen LogP contribution in [0.3, 0.4) is 0 Å². The summed E-state index contributed by atoms with van der Waals surface area (Å²) in [6, 6.07) is 1.21. The van der Waals surface area contributed by atoms with Gasteiger partial charge in [0.25, 0.3) is 0 Å². The van der Waals surface area contributed by atoms with Crippen molar-refractivity contribution < 1.29 is 4.52 Å². The molecule has 0 aliphatic carbocycles. The predicted molar refractivity (Wildman–Crippen MR) is 52.6 cm³/mol. The van der Waals surface area contributed by atoms with Gasteiger partial charge in [0.05, 0.1) is 6.61 Å². The first-order valence-electron chi connectivity index (χ1n) is 4.17. The van der Waals surface area contributed by atoms with Crippen LogP contribution in [0.15, 0.2) is 0 Å². The zero-order chi connectivity index (χ0) is 8.85. The van der Waals surface area contributed by atoms with E-state index in [9.17, 15) is 0 Å². The molecule has 0 N–H and O–H groups in total. The fourth-order valence-electron chi connectivity index (χ4n) is 1.27. The van der Waals surface area contributed by atoms with Gasteiger partial charge in [-0.15, -0.1) is 0 Å². The summed E-state index contributed by atoms with van der Waals surface area (Å²) >= 11 is 0. The highest BCUT2D eigenvalue weighted by molar-refractivity contribution is 7.09. The molecule has 0 fully saturated rings. The Morgan fingerprint density at radius 1 is 1.18 bits per heavy atom. The zero-order valence-corrected chi connectivity index (χ0v) is 9.16. The molecule has 1 unspecified atom stereocenters. The highest BCUT2D eigenvalue weighted by Gasteiger charge is 2.11. The number of rotatable bonds is 5. The predicted octanol–water partition coefficient (Wildman–Crippen LogP) is 1.91.